The molecule has 2 aromatic rings. The highest BCUT2D eigenvalue weighted by atomic mass is 35.5. The zero-order valence-electron chi connectivity index (χ0n) is 17.9. The van der Waals surface area contributed by atoms with E-state index in [0.29, 0.717) is 47.3 Å². The number of aliphatic carboxylic acids is 1. The maximum Gasteiger partial charge on any atom is 0.325 e. The highest BCUT2D eigenvalue weighted by Gasteiger charge is 2.28. The molecule has 7 nitrogen and oxygen atoms in total. The molecule has 3 rings (SSSR count). The predicted octanol–water partition coefficient (Wildman–Crippen LogP) is 4.72. The van der Waals surface area contributed by atoms with Gasteiger partial charge in [0.15, 0.2) is 0 Å². The van der Waals surface area contributed by atoms with Crippen molar-refractivity contribution in [1.29, 1.82) is 0 Å². The topological polar surface area (TPSA) is 99.9 Å². The molecular weight excluding hydrogens is 487 g/mol. The monoisotopic (exact) mass is 510 g/mol. The van der Waals surface area contributed by atoms with Gasteiger partial charge in [0.05, 0.1) is 22.1 Å². The van der Waals surface area contributed by atoms with E-state index in [2.05, 4.69) is 5.32 Å². The summed E-state index contributed by atoms with van der Waals surface area (Å²) in [6.45, 7) is 2.25. The van der Waals surface area contributed by atoms with Crippen LogP contribution in [0.1, 0.15) is 31.1 Å². The number of carboxylic acid groups (broad SMARTS) is 1. The maximum atomic E-state index is 12.6. The molecule has 2 N–H and O–H groups in total. The van der Waals surface area contributed by atoms with Crippen molar-refractivity contribution in [3.05, 3.63) is 58.0 Å². The second-order valence-electron chi connectivity index (χ2n) is 7.65. The van der Waals surface area contributed by atoms with Crippen molar-refractivity contribution in [1.82, 2.24) is 10.2 Å². The average molecular weight is 511 g/mol. The fourth-order valence-corrected chi connectivity index (χ4v) is 4.83. The minimum atomic E-state index is -1.08. The van der Waals surface area contributed by atoms with Crippen molar-refractivity contribution in [2.75, 3.05) is 13.1 Å². The average Bonchev–Trinajstić information content (AvgIpc) is 3.33. The van der Waals surface area contributed by atoms with E-state index in [1.54, 1.807) is 17.2 Å². The maximum absolute atomic E-state index is 12.6. The van der Waals surface area contributed by atoms with E-state index in [0.717, 1.165) is 10.7 Å². The van der Waals surface area contributed by atoms with Crippen molar-refractivity contribution >= 4 is 58.8 Å². The second kappa shape index (κ2) is 11.6. The van der Waals surface area contributed by atoms with Crippen LogP contribution in [-0.2, 0) is 20.1 Å². The third-order valence-corrected chi connectivity index (χ3v) is 7.43. The first kappa shape index (κ1) is 25.2. The minimum absolute atomic E-state index is 0.184. The number of carbonyl (C=O) groups excluding carboxylic acids is 2. The van der Waals surface area contributed by atoms with Gasteiger partial charge in [-0.2, -0.15) is 0 Å². The molecule has 1 aliphatic heterocycles. The van der Waals surface area contributed by atoms with Gasteiger partial charge in [0, 0.05) is 30.0 Å². The summed E-state index contributed by atoms with van der Waals surface area (Å²) in [6.07, 6.45) is 5.65. The summed E-state index contributed by atoms with van der Waals surface area (Å²) in [5.74, 6) is -0.405. The molecule has 2 amide bonds. The number of hydrogen-bond donors (Lipinski definition) is 2. The lowest BCUT2D eigenvalue weighted by atomic mass is 9.95. The van der Waals surface area contributed by atoms with Gasteiger partial charge in [0.2, 0.25) is 11.8 Å². The fraction of sp³-hybridized carbons (Fsp3) is 0.348. The van der Waals surface area contributed by atoms with Crippen molar-refractivity contribution < 1.29 is 23.9 Å². The third-order valence-electron chi connectivity index (χ3n) is 5.34. The number of carboxylic acids is 1. The first-order chi connectivity index (χ1) is 15.8. The molecule has 2 heterocycles. The Morgan fingerprint density at radius 3 is 2.61 bits per heavy atom. The fourth-order valence-electron chi connectivity index (χ4n) is 3.35. The Labute approximate surface area is 206 Å². The standard InChI is InChI=1S/C23H24Cl2N2O5S/c1-14(23(30)31)26-22(29)16-8-10-27(11-9-16)19(28)7-5-15-4-6-18(21(25)20(15)24)33-13-17-3-2-12-32-17/h2-7,12,14,16H,8-11,13H2,1H3,(H,26,29)(H,30,31)/b7-5+/t14-/m0/s1. The molecule has 176 valence electrons. The summed E-state index contributed by atoms with van der Waals surface area (Å²) in [5, 5.41) is 12.2. The highest BCUT2D eigenvalue weighted by Crippen LogP contribution is 2.37. The molecule has 0 radical (unpaired) electrons. The Hall–Kier alpha value is -2.42. The predicted molar refractivity (Wildman–Crippen MR) is 128 cm³/mol. The SMILES string of the molecule is C[C@H](NC(=O)C1CCN(C(=O)/C=C/c2ccc(SCc3ccco3)c(Cl)c2Cl)CC1)C(=O)O. The lowest BCUT2D eigenvalue weighted by Crippen LogP contribution is -2.46. The molecule has 0 spiro atoms. The van der Waals surface area contributed by atoms with Crippen molar-refractivity contribution in [3.8, 4) is 0 Å². The van der Waals surface area contributed by atoms with Gasteiger partial charge in [-0.1, -0.05) is 29.3 Å². The van der Waals surface area contributed by atoms with Crippen LogP contribution in [0.2, 0.25) is 10.0 Å². The van der Waals surface area contributed by atoms with Gasteiger partial charge in [-0.3, -0.25) is 14.4 Å². The smallest absolute Gasteiger partial charge is 0.325 e. The number of halogens is 2. The molecule has 10 heteroatoms. The van der Waals surface area contributed by atoms with Gasteiger partial charge in [0.25, 0.3) is 0 Å². The Bertz CT molecular complexity index is 1030. The number of rotatable bonds is 8. The summed E-state index contributed by atoms with van der Waals surface area (Å²) in [4.78, 5) is 38.1. The Morgan fingerprint density at radius 2 is 1.97 bits per heavy atom. The molecule has 0 aliphatic carbocycles. The molecule has 1 aromatic heterocycles. The van der Waals surface area contributed by atoms with Crippen molar-refractivity contribution in [2.24, 2.45) is 5.92 Å². The molecule has 0 bridgehead atoms. The van der Waals surface area contributed by atoms with Crippen LogP contribution in [0.15, 0.2) is 45.9 Å². The van der Waals surface area contributed by atoms with Crippen LogP contribution in [-0.4, -0.2) is 46.9 Å². The first-order valence-electron chi connectivity index (χ1n) is 10.4. The molecule has 1 saturated heterocycles. The van der Waals surface area contributed by atoms with Gasteiger partial charge in [-0.15, -0.1) is 11.8 Å². The van der Waals surface area contributed by atoms with E-state index in [4.69, 9.17) is 32.7 Å². The molecule has 0 saturated carbocycles. The van der Waals surface area contributed by atoms with E-state index in [1.165, 1.54) is 24.8 Å². The Morgan fingerprint density at radius 1 is 1.24 bits per heavy atom. The Kier molecular flexibility index (Phi) is 8.88. The molecular formula is C23H24Cl2N2O5S. The largest absolute Gasteiger partial charge is 0.480 e. The van der Waals surface area contributed by atoms with E-state index >= 15 is 0 Å². The van der Waals surface area contributed by atoms with E-state index in [9.17, 15) is 14.4 Å². The quantitative estimate of drug-likeness (QED) is 0.393. The van der Waals surface area contributed by atoms with E-state index < -0.39 is 12.0 Å². The van der Waals surface area contributed by atoms with Crippen LogP contribution in [0.25, 0.3) is 6.08 Å². The van der Waals surface area contributed by atoms with Gasteiger partial charge in [-0.05, 0) is 49.6 Å². The van der Waals surface area contributed by atoms with Crippen LogP contribution >= 0.6 is 35.0 Å². The number of furan rings is 1. The normalized spacial score (nSPS) is 15.5. The molecule has 1 fully saturated rings. The molecule has 33 heavy (non-hydrogen) atoms. The number of carbonyl (C=O) groups is 3. The highest BCUT2D eigenvalue weighted by molar-refractivity contribution is 7.98. The summed E-state index contributed by atoms with van der Waals surface area (Å²) in [6, 6.07) is 6.44. The van der Waals surface area contributed by atoms with E-state index in [1.807, 2.05) is 24.3 Å². The number of nitrogens with one attached hydrogen (secondary N) is 1. The van der Waals surface area contributed by atoms with Crippen LogP contribution in [0, 0.1) is 5.92 Å². The number of likely N-dealkylation sites (tertiary alicyclic amines) is 1. The number of hydrogen-bond acceptors (Lipinski definition) is 5. The molecule has 1 atom stereocenters. The number of nitrogens with zero attached hydrogens (tertiary/aromatic N) is 1. The molecule has 1 aromatic carbocycles. The zero-order chi connectivity index (χ0) is 24.0. The number of thioether (sulfide) groups is 1. The number of amides is 2. The van der Waals surface area contributed by atoms with Gasteiger partial charge < -0.3 is 19.7 Å². The van der Waals surface area contributed by atoms with Crippen LogP contribution < -0.4 is 5.32 Å². The zero-order valence-corrected chi connectivity index (χ0v) is 20.3. The lowest BCUT2D eigenvalue weighted by Gasteiger charge is -2.31. The third kappa shape index (κ3) is 6.79. The summed E-state index contributed by atoms with van der Waals surface area (Å²) < 4.78 is 5.32. The van der Waals surface area contributed by atoms with Crippen LogP contribution in [0.3, 0.4) is 0 Å². The van der Waals surface area contributed by atoms with Crippen molar-refractivity contribution in [2.45, 2.75) is 36.5 Å². The summed E-state index contributed by atoms with van der Waals surface area (Å²) >= 11 is 14.3. The Balaban J connectivity index is 1.53. The summed E-state index contributed by atoms with van der Waals surface area (Å²) in [5.41, 5.74) is 0.634. The summed E-state index contributed by atoms with van der Waals surface area (Å²) in [7, 11) is 0. The number of piperidine rings is 1. The van der Waals surface area contributed by atoms with Gasteiger partial charge >= 0.3 is 5.97 Å². The number of benzene rings is 1. The van der Waals surface area contributed by atoms with Gasteiger partial charge in [-0.25, -0.2) is 0 Å². The van der Waals surface area contributed by atoms with Crippen LogP contribution in [0.4, 0.5) is 0 Å². The molecule has 1 aliphatic rings. The second-order valence-corrected chi connectivity index (χ2v) is 9.42. The minimum Gasteiger partial charge on any atom is -0.480 e. The lowest BCUT2D eigenvalue weighted by molar-refractivity contribution is -0.142. The first-order valence-corrected chi connectivity index (χ1v) is 12.1. The molecule has 0 unspecified atom stereocenters. The van der Waals surface area contributed by atoms with Gasteiger partial charge in [0.1, 0.15) is 11.8 Å². The van der Waals surface area contributed by atoms with Crippen LogP contribution in [0.5, 0.6) is 0 Å². The van der Waals surface area contributed by atoms with Crippen molar-refractivity contribution in [3.63, 3.8) is 0 Å². The van der Waals surface area contributed by atoms with E-state index in [-0.39, 0.29) is 17.7 Å².